The largest absolute Gasteiger partial charge is 0.360 e. The zero-order chi connectivity index (χ0) is 17.1. The third-order valence-electron chi connectivity index (χ3n) is 2.98. The molecule has 0 aromatic heterocycles. The van der Waals surface area contributed by atoms with E-state index in [1.165, 1.54) is 42.5 Å². The van der Waals surface area contributed by atoms with Crippen LogP contribution in [0.3, 0.4) is 0 Å². The molecule has 2 rings (SSSR count). The van der Waals surface area contributed by atoms with Crippen molar-refractivity contribution in [3.63, 3.8) is 0 Å². The first-order valence-electron chi connectivity index (χ1n) is 6.54. The number of halogens is 1. The molecule has 0 heterocycles. The fourth-order valence-electron chi connectivity index (χ4n) is 1.97. The predicted molar refractivity (Wildman–Crippen MR) is 82.8 cm³/mol. The first-order chi connectivity index (χ1) is 10.7. The maximum atomic E-state index is 13.0. The number of rotatable bonds is 6. The topological polar surface area (TPSA) is 77.5 Å². The van der Waals surface area contributed by atoms with Gasteiger partial charge >= 0.3 is 0 Å². The molecule has 0 bridgehead atoms. The van der Waals surface area contributed by atoms with Crippen molar-refractivity contribution in [3.8, 4) is 0 Å². The third kappa shape index (κ3) is 4.60. The summed E-state index contributed by atoms with van der Waals surface area (Å²) in [6, 6.07) is 10.9. The Labute approximate surface area is 134 Å². The summed E-state index contributed by atoms with van der Waals surface area (Å²) in [6.45, 7) is -0.0992. The first-order valence-corrected chi connectivity index (χ1v) is 10.1. The maximum Gasteiger partial charge on any atom is 0.203 e. The van der Waals surface area contributed by atoms with Crippen molar-refractivity contribution < 1.29 is 26.0 Å². The normalized spacial score (nSPS) is 12.3. The van der Waals surface area contributed by atoms with Crippen LogP contribution >= 0.6 is 0 Å². The molecule has 0 fully saturated rings. The lowest BCUT2D eigenvalue weighted by atomic mass is 10.2. The van der Waals surface area contributed by atoms with Crippen LogP contribution in [0.15, 0.2) is 58.3 Å². The van der Waals surface area contributed by atoms with E-state index in [2.05, 4.69) is 0 Å². The summed E-state index contributed by atoms with van der Waals surface area (Å²) in [4.78, 5) is -0.573. The van der Waals surface area contributed by atoms with E-state index < -0.39 is 31.4 Å². The van der Waals surface area contributed by atoms with E-state index in [1.54, 1.807) is 6.07 Å². The summed E-state index contributed by atoms with van der Waals surface area (Å²) < 4.78 is 66.1. The Morgan fingerprint density at radius 1 is 0.957 bits per heavy atom. The minimum Gasteiger partial charge on any atom is -0.360 e. The Bertz CT molecular complexity index is 905. The first kappa shape index (κ1) is 17.6. The van der Waals surface area contributed by atoms with Gasteiger partial charge in [-0.25, -0.2) is 21.2 Å². The van der Waals surface area contributed by atoms with Crippen LogP contribution in [0.25, 0.3) is 0 Å². The minimum absolute atomic E-state index is 0.0992. The van der Waals surface area contributed by atoms with Gasteiger partial charge in [0.25, 0.3) is 0 Å². The summed E-state index contributed by atoms with van der Waals surface area (Å²) in [5.41, 5.74) is 0.483. The van der Waals surface area contributed by atoms with E-state index in [0.29, 0.717) is 5.56 Å². The van der Waals surface area contributed by atoms with Crippen LogP contribution < -0.4 is 0 Å². The van der Waals surface area contributed by atoms with Crippen LogP contribution in [0.1, 0.15) is 5.56 Å². The van der Waals surface area contributed by atoms with Gasteiger partial charge in [0.15, 0.2) is 15.8 Å². The van der Waals surface area contributed by atoms with Crippen LogP contribution in [-0.2, 0) is 31.0 Å². The van der Waals surface area contributed by atoms with Crippen LogP contribution in [0, 0.1) is 5.82 Å². The zero-order valence-corrected chi connectivity index (χ0v) is 13.9. The summed E-state index contributed by atoms with van der Waals surface area (Å²) in [5.74, 6) is -1.15. The Morgan fingerprint density at radius 3 is 2.22 bits per heavy atom. The lowest BCUT2D eigenvalue weighted by Crippen LogP contribution is -2.14. The Kier molecular flexibility index (Phi) is 5.18. The van der Waals surface area contributed by atoms with Gasteiger partial charge in [0.1, 0.15) is 5.82 Å². The van der Waals surface area contributed by atoms with E-state index in [9.17, 15) is 21.2 Å². The predicted octanol–water partition coefficient (Wildman–Crippen LogP) is 2.18. The molecule has 0 saturated carbocycles. The van der Waals surface area contributed by atoms with Crippen molar-refractivity contribution in [2.45, 2.75) is 16.4 Å². The molecular weight excluding hydrogens is 343 g/mol. The van der Waals surface area contributed by atoms with Crippen molar-refractivity contribution in [2.75, 3.05) is 12.2 Å². The number of benzene rings is 2. The molecule has 0 unspecified atom stereocenters. The highest BCUT2D eigenvalue weighted by Gasteiger charge is 2.23. The second-order valence-corrected chi connectivity index (χ2v) is 8.82. The highest BCUT2D eigenvalue weighted by Crippen LogP contribution is 2.22. The fourth-order valence-corrected chi connectivity index (χ4v) is 4.66. The Balaban J connectivity index is 2.17. The quantitative estimate of drug-likeness (QED) is 0.791. The molecule has 0 atom stereocenters. The van der Waals surface area contributed by atoms with E-state index in [-0.39, 0.29) is 16.4 Å². The molecule has 2 aromatic rings. The van der Waals surface area contributed by atoms with Crippen molar-refractivity contribution in [1.29, 1.82) is 0 Å². The van der Waals surface area contributed by atoms with Crippen molar-refractivity contribution >= 4 is 19.7 Å². The van der Waals surface area contributed by atoms with Crippen molar-refractivity contribution in [3.05, 3.63) is 59.9 Å². The SMILES string of the molecule is CS(=O)(=O)c1ccccc1S(=O)(=O)COCc1cccc(F)c1. The lowest BCUT2D eigenvalue weighted by Gasteiger charge is -2.10. The number of ether oxygens (including phenoxy) is 1. The van der Waals surface area contributed by atoms with Gasteiger partial charge in [-0.1, -0.05) is 24.3 Å². The molecule has 124 valence electrons. The van der Waals surface area contributed by atoms with E-state index >= 15 is 0 Å². The highest BCUT2D eigenvalue weighted by molar-refractivity contribution is 7.94. The van der Waals surface area contributed by atoms with Crippen LogP contribution in [0.4, 0.5) is 4.39 Å². The average molecular weight is 358 g/mol. The van der Waals surface area contributed by atoms with E-state index in [1.807, 2.05) is 0 Å². The van der Waals surface area contributed by atoms with E-state index in [0.717, 1.165) is 6.26 Å². The standard InChI is InChI=1S/C15H15FO5S2/c1-22(17,18)14-7-2-3-8-15(14)23(19,20)11-21-10-12-5-4-6-13(16)9-12/h2-9H,10-11H2,1H3. The van der Waals surface area contributed by atoms with Gasteiger partial charge in [0, 0.05) is 6.26 Å². The van der Waals surface area contributed by atoms with Crippen LogP contribution in [0.2, 0.25) is 0 Å². The van der Waals surface area contributed by atoms with Gasteiger partial charge in [-0.3, -0.25) is 0 Å². The highest BCUT2D eigenvalue weighted by atomic mass is 32.2. The minimum atomic E-state index is -3.95. The molecule has 5 nitrogen and oxygen atoms in total. The summed E-state index contributed by atoms with van der Waals surface area (Å²) >= 11 is 0. The zero-order valence-electron chi connectivity index (χ0n) is 12.3. The second-order valence-electron chi connectivity index (χ2n) is 4.93. The van der Waals surface area contributed by atoms with Crippen molar-refractivity contribution in [2.24, 2.45) is 0 Å². The van der Waals surface area contributed by atoms with Gasteiger partial charge in [-0.15, -0.1) is 0 Å². The van der Waals surface area contributed by atoms with Gasteiger partial charge < -0.3 is 4.74 Å². The van der Waals surface area contributed by atoms with E-state index in [4.69, 9.17) is 4.74 Å². The van der Waals surface area contributed by atoms with Crippen LogP contribution in [-0.4, -0.2) is 29.0 Å². The molecule has 0 aliphatic heterocycles. The fraction of sp³-hybridized carbons (Fsp3) is 0.200. The molecule has 8 heteroatoms. The molecule has 0 radical (unpaired) electrons. The number of hydrogen-bond acceptors (Lipinski definition) is 5. The monoisotopic (exact) mass is 358 g/mol. The Hall–Kier alpha value is -1.77. The summed E-state index contributed by atoms with van der Waals surface area (Å²) in [6.07, 6.45) is 0.939. The van der Waals surface area contributed by atoms with Gasteiger partial charge in [0.05, 0.1) is 16.4 Å². The molecule has 0 amide bonds. The molecule has 0 aliphatic carbocycles. The third-order valence-corrected chi connectivity index (χ3v) is 5.77. The molecule has 0 spiro atoms. The summed E-state index contributed by atoms with van der Waals surface area (Å²) in [7, 11) is -7.63. The number of sulfone groups is 2. The maximum absolute atomic E-state index is 13.0. The van der Waals surface area contributed by atoms with Gasteiger partial charge in [0.2, 0.25) is 9.84 Å². The second kappa shape index (κ2) is 6.77. The molecule has 0 saturated heterocycles. The number of hydrogen-bond donors (Lipinski definition) is 0. The Morgan fingerprint density at radius 2 is 1.61 bits per heavy atom. The smallest absolute Gasteiger partial charge is 0.203 e. The van der Waals surface area contributed by atoms with Gasteiger partial charge in [-0.05, 0) is 29.8 Å². The van der Waals surface area contributed by atoms with Crippen molar-refractivity contribution in [1.82, 2.24) is 0 Å². The van der Waals surface area contributed by atoms with Crippen LogP contribution in [0.5, 0.6) is 0 Å². The molecule has 0 N–H and O–H groups in total. The molecule has 2 aromatic carbocycles. The summed E-state index contributed by atoms with van der Waals surface area (Å²) in [5, 5.41) is 0. The lowest BCUT2D eigenvalue weighted by molar-refractivity contribution is 0.162. The molecule has 0 aliphatic rings. The average Bonchev–Trinajstić information content (AvgIpc) is 2.46. The molecular formula is C15H15FO5S2. The van der Waals surface area contributed by atoms with Gasteiger partial charge in [-0.2, -0.15) is 0 Å². The molecule has 23 heavy (non-hydrogen) atoms.